The zero-order chi connectivity index (χ0) is 19.9. The molecule has 9 heteroatoms. The molecule has 0 saturated carbocycles. The lowest BCUT2D eigenvalue weighted by molar-refractivity contribution is -0.290. The summed E-state index contributed by atoms with van der Waals surface area (Å²) in [6.07, 6.45) is -9.00. The summed E-state index contributed by atoms with van der Waals surface area (Å²) < 4.78 is 101. The third kappa shape index (κ3) is 2.05. The van der Waals surface area contributed by atoms with Crippen LogP contribution in [0.4, 0.5) is 26.3 Å². The number of halogens is 6. The fraction of sp³-hybridized carbons (Fsp3) is 0.263. The van der Waals surface area contributed by atoms with Crippen molar-refractivity contribution in [2.45, 2.75) is 31.0 Å². The highest BCUT2D eigenvalue weighted by atomic mass is 19.4. The van der Waals surface area contributed by atoms with E-state index in [1.165, 1.54) is 12.3 Å². The molecule has 2 aliphatic rings. The maximum atomic E-state index is 14.3. The summed E-state index contributed by atoms with van der Waals surface area (Å²) in [6, 6.07) is 4.07. The van der Waals surface area contributed by atoms with Crippen molar-refractivity contribution in [2.24, 2.45) is 0 Å². The van der Waals surface area contributed by atoms with E-state index in [0.717, 1.165) is 24.5 Å². The van der Waals surface area contributed by atoms with Crippen molar-refractivity contribution in [3.8, 4) is 11.5 Å². The number of ether oxygens (including phenoxy) is 2. The molecule has 2 aromatic carbocycles. The largest absolute Gasteiger partial charge is 0.471 e. The van der Waals surface area contributed by atoms with Gasteiger partial charge in [0.25, 0.3) is 0 Å². The van der Waals surface area contributed by atoms with Gasteiger partial charge in [-0.3, -0.25) is 0 Å². The van der Waals surface area contributed by atoms with E-state index in [4.69, 9.17) is 13.9 Å². The zero-order valence-corrected chi connectivity index (χ0v) is 13.9. The molecule has 0 spiro atoms. The lowest BCUT2D eigenvalue weighted by Gasteiger charge is -2.42. The van der Waals surface area contributed by atoms with Crippen LogP contribution in [-0.4, -0.2) is 12.4 Å². The Morgan fingerprint density at radius 2 is 1.25 bits per heavy atom. The number of furan rings is 1. The molecule has 0 bridgehead atoms. The van der Waals surface area contributed by atoms with Crippen molar-refractivity contribution < 1.29 is 40.2 Å². The molecule has 1 aromatic heterocycles. The Morgan fingerprint density at radius 3 is 1.89 bits per heavy atom. The molecule has 0 atom stereocenters. The van der Waals surface area contributed by atoms with Gasteiger partial charge in [-0.05, 0) is 35.4 Å². The lowest BCUT2D eigenvalue weighted by Crippen LogP contribution is -2.56. The second-order valence-corrected chi connectivity index (χ2v) is 6.81. The third-order valence-corrected chi connectivity index (χ3v) is 5.27. The van der Waals surface area contributed by atoms with Crippen molar-refractivity contribution in [1.29, 1.82) is 0 Å². The van der Waals surface area contributed by atoms with E-state index < -0.39 is 40.4 Å². The minimum absolute atomic E-state index is 0.0535. The molecule has 146 valence electrons. The first-order valence-electron chi connectivity index (χ1n) is 8.18. The summed E-state index contributed by atoms with van der Waals surface area (Å²) in [5.41, 5.74) is -5.43. The number of alkyl halides is 6. The van der Waals surface area contributed by atoms with Gasteiger partial charge in [0, 0.05) is 21.9 Å². The molecule has 0 amide bonds. The molecular weight excluding hydrogens is 390 g/mol. The molecule has 28 heavy (non-hydrogen) atoms. The highest BCUT2D eigenvalue weighted by Gasteiger charge is 2.75. The maximum absolute atomic E-state index is 14.3. The molecule has 0 N–H and O–H groups in total. The van der Waals surface area contributed by atoms with Gasteiger partial charge in [0.05, 0.1) is 25.7 Å². The Labute approximate surface area is 153 Å². The van der Waals surface area contributed by atoms with E-state index in [2.05, 4.69) is 0 Å². The smallest absolute Gasteiger partial charge is 0.411 e. The van der Waals surface area contributed by atoms with E-state index in [1.807, 2.05) is 0 Å². The molecule has 3 nitrogen and oxygen atoms in total. The molecule has 0 saturated heterocycles. The second-order valence-electron chi connectivity index (χ2n) is 6.81. The summed E-state index contributed by atoms with van der Waals surface area (Å²) in [7, 11) is 0. The van der Waals surface area contributed by atoms with E-state index in [1.54, 1.807) is 0 Å². The average molecular weight is 400 g/mol. The van der Waals surface area contributed by atoms with Crippen LogP contribution >= 0.6 is 0 Å². The summed E-state index contributed by atoms with van der Waals surface area (Å²) in [5, 5.41) is 0.457. The van der Waals surface area contributed by atoms with E-state index in [0.29, 0.717) is 10.9 Å². The standard InChI is InChI=1S/C19H10F6O3/c20-18(21,22)17(19(23,24)25)13-1-9-5-26-7-11(9)3-15(13)28-16-4-12-8-27-6-10(12)2-14(16)17/h1-5,7H,6,8H2. The van der Waals surface area contributed by atoms with Crippen molar-refractivity contribution in [2.75, 3.05) is 0 Å². The Balaban J connectivity index is 1.93. The van der Waals surface area contributed by atoms with Gasteiger partial charge >= 0.3 is 12.4 Å². The molecule has 2 aliphatic heterocycles. The van der Waals surface area contributed by atoms with Crippen molar-refractivity contribution >= 4 is 10.8 Å². The summed E-state index contributed by atoms with van der Waals surface area (Å²) in [5.74, 6) is -0.982. The summed E-state index contributed by atoms with van der Waals surface area (Å²) in [4.78, 5) is 0. The number of fused-ring (bicyclic) bond motifs is 4. The van der Waals surface area contributed by atoms with Gasteiger partial charge in [-0.15, -0.1) is 0 Å². The van der Waals surface area contributed by atoms with Crippen LogP contribution in [0.3, 0.4) is 0 Å². The average Bonchev–Trinajstić information content (AvgIpc) is 3.21. The summed E-state index contributed by atoms with van der Waals surface area (Å²) >= 11 is 0. The van der Waals surface area contributed by atoms with Gasteiger partial charge in [0.1, 0.15) is 11.5 Å². The maximum Gasteiger partial charge on any atom is 0.411 e. The molecule has 0 unspecified atom stereocenters. The second kappa shape index (κ2) is 5.22. The molecule has 5 rings (SSSR count). The number of rotatable bonds is 0. The van der Waals surface area contributed by atoms with Gasteiger partial charge in [0.15, 0.2) is 0 Å². The summed E-state index contributed by atoms with van der Waals surface area (Å²) in [6.45, 7) is 0.0483. The Kier molecular flexibility index (Phi) is 3.25. The van der Waals surface area contributed by atoms with Crippen molar-refractivity contribution in [1.82, 2.24) is 0 Å². The SMILES string of the molecule is FC(F)(F)C1(C(F)(F)F)c2cc3c(cc2Oc2cc4cocc4cc21)COC3. The van der Waals surface area contributed by atoms with Crippen molar-refractivity contribution in [3.05, 3.63) is 59.0 Å². The lowest BCUT2D eigenvalue weighted by atomic mass is 9.70. The third-order valence-electron chi connectivity index (χ3n) is 5.27. The zero-order valence-electron chi connectivity index (χ0n) is 13.9. The van der Waals surface area contributed by atoms with Crippen LogP contribution in [0.15, 0.2) is 41.2 Å². The van der Waals surface area contributed by atoms with Gasteiger partial charge in [-0.1, -0.05) is 0 Å². The topological polar surface area (TPSA) is 31.6 Å². The highest BCUT2D eigenvalue weighted by molar-refractivity contribution is 5.85. The molecule has 0 aliphatic carbocycles. The molecular formula is C19H10F6O3. The predicted octanol–water partition coefficient (Wildman–Crippen LogP) is 5.98. The van der Waals surface area contributed by atoms with Gasteiger partial charge in [-0.2, -0.15) is 26.3 Å². The van der Waals surface area contributed by atoms with E-state index in [9.17, 15) is 26.3 Å². The van der Waals surface area contributed by atoms with E-state index >= 15 is 0 Å². The normalized spacial score (nSPS) is 17.8. The predicted molar refractivity (Wildman–Crippen MR) is 84.1 cm³/mol. The van der Waals surface area contributed by atoms with E-state index in [-0.39, 0.29) is 24.2 Å². The fourth-order valence-electron chi connectivity index (χ4n) is 3.99. The monoisotopic (exact) mass is 400 g/mol. The molecule has 3 aromatic rings. The van der Waals surface area contributed by atoms with Gasteiger partial charge in [0.2, 0.25) is 5.41 Å². The van der Waals surface area contributed by atoms with Gasteiger partial charge < -0.3 is 13.9 Å². The number of hydrogen-bond donors (Lipinski definition) is 0. The van der Waals surface area contributed by atoms with Crippen LogP contribution in [-0.2, 0) is 23.4 Å². The Morgan fingerprint density at radius 1 is 0.714 bits per heavy atom. The van der Waals surface area contributed by atoms with Gasteiger partial charge in [-0.25, -0.2) is 0 Å². The van der Waals surface area contributed by atoms with Crippen LogP contribution in [0.2, 0.25) is 0 Å². The first kappa shape index (κ1) is 17.4. The first-order chi connectivity index (χ1) is 13.1. The Bertz CT molecular complexity index is 1100. The number of benzene rings is 2. The Hall–Kier alpha value is -2.68. The minimum Gasteiger partial charge on any atom is -0.471 e. The molecule has 3 heterocycles. The van der Waals surface area contributed by atoms with Crippen LogP contribution < -0.4 is 4.74 Å². The number of hydrogen-bond acceptors (Lipinski definition) is 3. The van der Waals surface area contributed by atoms with Crippen LogP contribution in [0.25, 0.3) is 10.8 Å². The first-order valence-corrected chi connectivity index (χ1v) is 8.18. The quantitative estimate of drug-likeness (QED) is 0.435. The fourth-order valence-corrected chi connectivity index (χ4v) is 3.99. The van der Waals surface area contributed by atoms with Crippen LogP contribution in [0.5, 0.6) is 11.5 Å². The highest BCUT2D eigenvalue weighted by Crippen LogP contribution is 2.63. The molecule has 0 radical (unpaired) electrons. The minimum atomic E-state index is -5.66. The van der Waals surface area contributed by atoms with Crippen LogP contribution in [0, 0.1) is 0 Å². The molecule has 0 fully saturated rings. The van der Waals surface area contributed by atoms with Crippen molar-refractivity contribution in [3.63, 3.8) is 0 Å². The van der Waals surface area contributed by atoms with Crippen LogP contribution in [0.1, 0.15) is 22.3 Å².